The third-order valence-electron chi connectivity index (χ3n) is 3.28. The number of aromatic nitrogens is 3. The van der Waals surface area contributed by atoms with Gasteiger partial charge in [-0.2, -0.15) is 0 Å². The van der Waals surface area contributed by atoms with Crippen molar-refractivity contribution in [2.45, 2.75) is 5.16 Å². The number of hydrogen-bond acceptors (Lipinski definition) is 4. The van der Waals surface area contributed by atoms with Crippen LogP contribution in [0, 0.1) is 12.3 Å². The standard InChI is InChI=1S/C18H15N3OS/c1-3-13-23-18-20-19-17(14-9-11-16(22-2)12-10-14)21(18)15-7-5-4-6-8-15/h1,4-12H,13H2,2H3. The number of para-hydroxylation sites is 1. The van der Waals surface area contributed by atoms with E-state index in [1.54, 1.807) is 7.11 Å². The lowest BCUT2D eigenvalue weighted by molar-refractivity contribution is 0.415. The topological polar surface area (TPSA) is 39.9 Å². The molecule has 0 amide bonds. The summed E-state index contributed by atoms with van der Waals surface area (Å²) in [6.07, 6.45) is 5.37. The lowest BCUT2D eigenvalue weighted by Crippen LogP contribution is -1.99. The van der Waals surface area contributed by atoms with Gasteiger partial charge in [-0.05, 0) is 36.4 Å². The van der Waals surface area contributed by atoms with Crippen molar-refractivity contribution in [2.24, 2.45) is 0 Å². The molecule has 1 aromatic heterocycles. The number of benzene rings is 2. The van der Waals surface area contributed by atoms with E-state index >= 15 is 0 Å². The molecule has 23 heavy (non-hydrogen) atoms. The first-order valence-electron chi connectivity index (χ1n) is 7.05. The number of rotatable bonds is 5. The Hall–Kier alpha value is -2.71. The van der Waals surface area contributed by atoms with Gasteiger partial charge in [-0.1, -0.05) is 35.9 Å². The van der Waals surface area contributed by atoms with Gasteiger partial charge in [0.1, 0.15) is 5.75 Å². The van der Waals surface area contributed by atoms with E-state index in [0.717, 1.165) is 28.0 Å². The SMILES string of the molecule is C#CCSc1nnc(-c2ccc(OC)cc2)n1-c1ccccc1. The van der Waals surface area contributed by atoms with Crippen LogP contribution >= 0.6 is 11.8 Å². The average molecular weight is 321 g/mol. The van der Waals surface area contributed by atoms with Crippen LogP contribution in [0.4, 0.5) is 0 Å². The van der Waals surface area contributed by atoms with Gasteiger partial charge in [0, 0.05) is 11.3 Å². The summed E-state index contributed by atoms with van der Waals surface area (Å²) in [6, 6.07) is 17.8. The number of nitrogens with zero attached hydrogens (tertiary/aromatic N) is 3. The molecule has 3 rings (SSSR count). The number of hydrogen-bond donors (Lipinski definition) is 0. The lowest BCUT2D eigenvalue weighted by atomic mass is 10.2. The van der Waals surface area contributed by atoms with Crippen LogP contribution in [0.2, 0.25) is 0 Å². The predicted octanol–water partition coefficient (Wildman–Crippen LogP) is 3.67. The predicted molar refractivity (Wildman–Crippen MR) is 92.9 cm³/mol. The van der Waals surface area contributed by atoms with Gasteiger partial charge in [0.05, 0.1) is 12.9 Å². The molecule has 5 heteroatoms. The fourth-order valence-corrected chi connectivity index (χ4v) is 2.84. The summed E-state index contributed by atoms with van der Waals surface area (Å²) < 4.78 is 7.23. The summed E-state index contributed by atoms with van der Waals surface area (Å²) in [7, 11) is 1.65. The third-order valence-corrected chi connectivity index (χ3v) is 4.11. The Kier molecular flexibility index (Phi) is 4.65. The second-order valence-electron chi connectivity index (χ2n) is 4.70. The summed E-state index contributed by atoms with van der Waals surface area (Å²) in [6.45, 7) is 0. The highest BCUT2D eigenvalue weighted by Crippen LogP contribution is 2.28. The van der Waals surface area contributed by atoms with Gasteiger partial charge in [-0.25, -0.2) is 0 Å². The maximum atomic E-state index is 5.37. The number of methoxy groups -OCH3 is 1. The molecule has 0 fully saturated rings. The van der Waals surface area contributed by atoms with E-state index < -0.39 is 0 Å². The van der Waals surface area contributed by atoms with Crippen LogP contribution in [0.3, 0.4) is 0 Å². The molecule has 0 saturated carbocycles. The summed E-state index contributed by atoms with van der Waals surface area (Å²) in [5.74, 6) is 4.76. The Morgan fingerprint density at radius 3 is 2.48 bits per heavy atom. The molecule has 2 aromatic carbocycles. The molecular weight excluding hydrogens is 306 g/mol. The molecular formula is C18H15N3OS. The van der Waals surface area contributed by atoms with Crippen LogP contribution in [-0.2, 0) is 0 Å². The van der Waals surface area contributed by atoms with Crippen molar-refractivity contribution < 1.29 is 4.74 Å². The Balaban J connectivity index is 2.09. The zero-order chi connectivity index (χ0) is 16.1. The first-order valence-corrected chi connectivity index (χ1v) is 8.03. The second kappa shape index (κ2) is 7.03. The maximum Gasteiger partial charge on any atom is 0.197 e. The molecule has 1 heterocycles. The monoisotopic (exact) mass is 321 g/mol. The van der Waals surface area contributed by atoms with Crippen LogP contribution in [0.5, 0.6) is 5.75 Å². The average Bonchev–Trinajstić information content (AvgIpc) is 3.04. The van der Waals surface area contributed by atoms with Crippen molar-refractivity contribution in [2.75, 3.05) is 12.9 Å². The van der Waals surface area contributed by atoms with Gasteiger partial charge in [0.15, 0.2) is 11.0 Å². The van der Waals surface area contributed by atoms with Crippen molar-refractivity contribution in [1.82, 2.24) is 14.8 Å². The molecule has 3 aromatic rings. The molecule has 0 aliphatic carbocycles. The van der Waals surface area contributed by atoms with Gasteiger partial charge in [-0.15, -0.1) is 16.6 Å². The fraction of sp³-hybridized carbons (Fsp3) is 0.111. The van der Waals surface area contributed by atoms with E-state index in [2.05, 4.69) is 16.1 Å². The molecule has 0 atom stereocenters. The van der Waals surface area contributed by atoms with Crippen molar-refractivity contribution in [1.29, 1.82) is 0 Å². The van der Waals surface area contributed by atoms with E-state index in [4.69, 9.17) is 11.2 Å². The minimum absolute atomic E-state index is 0.549. The highest BCUT2D eigenvalue weighted by atomic mass is 32.2. The normalized spacial score (nSPS) is 10.3. The van der Waals surface area contributed by atoms with Crippen LogP contribution in [-0.4, -0.2) is 27.6 Å². The van der Waals surface area contributed by atoms with E-state index in [0.29, 0.717) is 5.75 Å². The number of thioether (sulfide) groups is 1. The second-order valence-corrected chi connectivity index (χ2v) is 5.64. The van der Waals surface area contributed by atoms with E-state index in [1.165, 1.54) is 11.8 Å². The maximum absolute atomic E-state index is 5.37. The quantitative estimate of drug-likeness (QED) is 0.531. The Bertz CT molecular complexity index is 820. The van der Waals surface area contributed by atoms with Gasteiger partial charge >= 0.3 is 0 Å². The van der Waals surface area contributed by atoms with Crippen molar-refractivity contribution in [3.63, 3.8) is 0 Å². The van der Waals surface area contributed by atoms with Gasteiger partial charge in [-0.3, -0.25) is 4.57 Å². The fourth-order valence-electron chi connectivity index (χ4n) is 2.21. The van der Waals surface area contributed by atoms with Gasteiger partial charge in [0.2, 0.25) is 0 Å². The van der Waals surface area contributed by atoms with E-state index in [1.807, 2.05) is 59.2 Å². The molecule has 0 spiro atoms. The highest BCUT2D eigenvalue weighted by Gasteiger charge is 2.15. The largest absolute Gasteiger partial charge is 0.497 e. The van der Waals surface area contributed by atoms with Crippen LogP contribution < -0.4 is 4.74 Å². The summed E-state index contributed by atoms with van der Waals surface area (Å²) in [5.41, 5.74) is 1.97. The summed E-state index contributed by atoms with van der Waals surface area (Å²) >= 11 is 1.49. The van der Waals surface area contributed by atoms with E-state index in [-0.39, 0.29) is 0 Å². The van der Waals surface area contributed by atoms with Crippen LogP contribution in [0.1, 0.15) is 0 Å². The molecule has 114 valence electrons. The zero-order valence-electron chi connectivity index (χ0n) is 12.6. The smallest absolute Gasteiger partial charge is 0.197 e. The summed E-state index contributed by atoms with van der Waals surface area (Å²) in [5, 5.41) is 9.43. The van der Waals surface area contributed by atoms with Crippen molar-refractivity contribution in [3.8, 4) is 35.2 Å². The molecule has 0 aliphatic rings. The number of terminal acetylenes is 1. The van der Waals surface area contributed by atoms with Crippen molar-refractivity contribution >= 4 is 11.8 Å². The lowest BCUT2D eigenvalue weighted by Gasteiger charge is -2.10. The van der Waals surface area contributed by atoms with Crippen molar-refractivity contribution in [3.05, 3.63) is 54.6 Å². The molecule has 0 radical (unpaired) electrons. The molecule has 0 bridgehead atoms. The third kappa shape index (κ3) is 3.22. The molecule has 0 saturated heterocycles. The Morgan fingerprint density at radius 1 is 1.09 bits per heavy atom. The minimum Gasteiger partial charge on any atom is -0.497 e. The van der Waals surface area contributed by atoms with Gasteiger partial charge < -0.3 is 4.74 Å². The Morgan fingerprint density at radius 2 is 1.83 bits per heavy atom. The first kappa shape index (κ1) is 15.2. The van der Waals surface area contributed by atoms with Gasteiger partial charge in [0.25, 0.3) is 0 Å². The highest BCUT2D eigenvalue weighted by molar-refractivity contribution is 7.99. The molecule has 0 unspecified atom stereocenters. The number of ether oxygens (including phenoxy) is 1. The molecule has 0 aliphatic heterocycles. The van der Waals surface area contributed by atoms with E-state index in [9.17, 15) is 0 Å². The van der Waals surface area contributed by atoms with Crippen LogP contribution in [0.25, 0.3) is 17.1 Å². The first-order chi connectivity index (χ1) is 11.3. The molecule has 4 nitrogen and oxygen atoms in total. The summed E-state index contributed by atoms with van der Waals surface area (Å²) in [4.78, 5) is 0. The zero-order valence-corrected chi connectivity index (χ0v) is 13.5. The minimum atomic E-state index is 0.549. The van der Waals surface area contributed by atoms with Crippen LogP contribution in [0.15, 0.2) is 59.8 Å². The Labute approximate surface area is 139 Å². The molecule has 0 N–H and O–H groups in total.